The zero-order valence-corrected chi connectivity index (χ0v) is 7.88. The summed E-state index contributed by atoms with van der Waals surface area (Å²) in [5, 5.41) is 0. The van der Waals surface area contributed by atoms with Gasteiger partial charge in [0.15, 0.2) is 0 Å². The predicted octanol–water partition coefficient (Wildman–Crippen LogP) is 2.29. The van der Waals surface area contributed by atoms with Gasteiger partial charge in [-0.15, -0.1) is 24.2 Å². The van der Waals surface area contributed by atoms with Gasteiger partial charge in [-0.05, 0) is 35.5 Å². The van der Waals surface area contributed by atoms with Crippen molar-refractivity contribution in [2.75, 3.05) is 5.75 Å². The van der Waals surface area contributed by atoms with E-state index in [1.807, 2.05) is 11.8 Å². The lowest BCUT2D eigenvalue weighted by Crippen LogP contribution is -2.04. The van der Waals surface area contributed by atoms with Gasteiger partial charge in [0, 0.05) is 5.70 Å². The zero-order chi connectivity index (χ0) is 6.97. The second-order valence-electron chi connectivity index (χ2n) is 2.82. The van der Waals surface area contributed by atoms with Crippen molar-refractivity contribution >= 4 is 24.2 Å². The van der Waals surface area contributed by atoms with Crippen molar-refractivity contribution in [1.82, 2.24) is 0 Å². The monoisotopic (exact) mass is 189 g/mol. The molecule has 1 aliphatic carbocycles. The molecule has 0 aromatic heterocycles. The van der Waals surface area contributed by atoms with E-state index in [0.717, 1.165) is 11.6 Å². The highest BCUT2D eigenvalue weighted by Crippen LogP contribution is 2.40. The van der Waals surface area contributed by atoms with Crippen LogP contribution >= 0.6 is 24.2 Å². The Morgan fingerprint density at radius 3 is 3.18 bits per heavy atom. The van der Waals surface area contributed by atoms with E-state index in [9.17, 15) is 0 Å². The molecule has 11 heavy (non-hydrogen) atoms. The number of rotatable bonds is 0. The molecule has 62 valence electrons. The Kier molecular flexibility index (Phi) is 2.90. The van der Waals surface area contributed by atoms with Gasteiger partial charge >= 0.3 is 0 Å². The van der Waals surface area contributed by atoms with E-state index in [1.54, 1.807) is 0 Å². The molecule has 0 bridgehead atoms. The summed E-state index contributed by atoms with van der Waals surface area (Å²) in [4.78, 5) is 1.51. The van der Waals surface area contributed by atoms with Crippen molar-refractivity contribution in [2.24, 2.45) is 11.7 Å². The first-order chi connectivity index (χ1) is 4.86. The van der Waals surface area contributed by atoms with Crippen LogP contribution in [0.1, 0.15) is 12.8 Å². The van der Waals surface area contributed by atoms with Crippen molar-refractivity contribution in [3.05, 3.63) is 22.8 Å². The Morgan fingerprint density at radius 1 is 1.55 bits per heavy atom. The zero-order valence-electron chi connectivity index (χ0n) is 6.25. The van der Waals surface area contributed by atoms with Gasteiger partial charge < -0.3 is 5.73 Å². The van der Waals surface area contributed by atoms with Crippen molar-refractivity contribution in [2.45, 2.75) is 12.8 Å². The maximum atomic E-state index is 5.66. The first-order valence-electron chi connectivity index (χ1n) is 3.66. The average Bonchev–Trinajstić information content (AvgIpc) is 2.33. The van der Waals surface area contributed by atoms with Gasteiger partial charge in [-0.25, -0.2) is 0 Å². The van der Waals surface area contributed by atoms with Crippen LogP contribution in [0.2, 0.25) is 0 Å². The number of fused-ring (bicyclic) bond motifs is 1. The maximum Gasteiger partial charge on any atom is 0.0281 e. The van der Waals surface area contributed by atoms with Crippen molar-refractivity contribution in [1.29, 1.82) is 0 Å². The molecule has 2 N–H and O–H groups in total. The standard InChI is InChI=1S/C8H11NS.ClH/c9-7-2-1-6-3-4-10-8(6)5-7;/h2,5-6H,1,3-4,9H2;1H. The van der Waals surface area contributed by atoms with Crippen LogP contribution in [0.4, 0.5) is 0 Å². The Balaban J connectivity index is 0.000000605. The molecule has 0 aromatic carbocycles. The SMILES string of the molecule is Cl.NC1=CCC2CCSC2=C1. The molecule has 0 amide bonds. The molecule has 1 saturated heterocycles. The molecule has 1 fully saturated rings. The van der Waals surface area contributed by atoms with E-state index in [4.69, 9.17) is 5.73 Å². The molecule has 0 radical (unpaired) electrons. The van der Waals surface area contributed by atoms with Crippen molar-refractivity contribution in [3.8, 4) is 0 Å². The Hall–Kier alpha value is -0.0800. The molecular weight excluding hydrogens is 178 g/mol. The van der Waals surface area contributed by atoms with Gasteiger partial charge in [0.1, 0.15) is 0 Å². The Bertz CT molecular complexity index is 210. The third-order valence-corrected chi connectivity index (χ3v) is 3.31. The number of nitrogens with two attached hydrogens (primary N) is 1. The third-order valence-electron chi connectivity index (χ3n) is 2.08. The number of allylic oxidation sites excluding steroid dienone is 3. The van der Waals surface area contributed by atoms with E-state index in [1.165, 1.54) is 23.5 Å². The third kappa shape index (κ3) is 1.74. The molecule has 1 aliphatic heterocycles. The van der Waals surface area contributed by atoms with E-state index >= 15 is 0 Å². The quantitative estimate of drug-likeness (QED) is 0.633. The van der Waals surface area contributed by atoms with Crippen LogP contribution < -0.4 is 5.73 Å². The van der Waals surface area contributed by atoms with E-state index in [2.05, 4.69) is 12.2 Å². The smallest absolute Gasteiger partial charge is 0.0281 e. The molecule has 0 saturated carbocycles. The van der Waals surface area contributed by atoms with Crippen molar-refractivity contribution < 1.29 is 0 Å². The number of hydrogen-bond acceptors (Lipinski definition) is 2. The molecule has 3 heteroatoms. The lowest BCUT2D eigenvalue weighted by molar-refractivity contribution is 0.643. The lowest BCUT2D eigenvalue weighted by Gasteiger charge is -2.13. The van der Waals surface area contributed by atoms with Crippen LogP contribution in [0, 0.1) is 5.92 Å². The Labute approximate surface area is 77.5 Å². The van der Waals surface area contributed by atoms with Crippen LogP contribution in [0.3, 0.4) is 0 Å². The fraction of sp³-hybridized carbons (Fsp3) is 0.500. The van der Waals surface area contributed by atoms with Crippen LogP contribution in [-0.4, -0.2) is 5.75 Å². The molecule has 2 rings (SSSR count). The van der Waals surface area contributed by atoms with Gasteiger partial charge in [-0.2, -0.15) is 0 Å². The maximum absolute atomic E-state index is 5.66. The summed E-state index contributed by atoms with van der Waals surface area (Å²) in [6.45, 7) is 0. The van der Waals surface area contributed by atoms with Crippen LogP contribution in [0.15, 0.2) is 22.8 Å². The first kappa shape index (κ1) is 9.01. The van der Waals surface area contributed by atoms with E-state index < -0.39 is 0 Å². The fourth-order valence-electron chi connectivity index (χ4n) is 1.47. The molecule has 1 heterocycles. The minimum atomic E-state index is 0. The van der Waals surface area contributed by atoms with Gasteiger partial charge in [-0.3, -0.25) is 0 Å². The van der Waals surface area contributed by atoms with E-state index in [0.29, 0.717) is 0 Å². The largest absolute Gasteiger partial charge is 0.399 e. The molecule has 1 atom stereocenters. The summed E-state index contributed by atoms with van der Waals surface area (Å²) in [5.74, 6) is 2.11. The second kappa shape index (κ2) is 3.55. The average molecular weight is 190 g/mol. The Morgan fingerprint density at radius 2 is 2.36 bits per heavy atom. The molecular formula is C8H12ClNS. The molecule has 1 nitrogen and oxygen atoms in total. The van der Waals surface area contributed by atoms with Gasteiger partial charge in [0.2, 0.25) is 0 Å². The van der Waals surface area contributed by atoms with Crippen LogP contribution in [0.25, 0.3) is 0 Å². The minimum Gasteiger partial charge on any atom is -0.399 e. The van der Waals surface area contributed by atoms with Gasteiger partial charge in [-0.1, -0.05) is 6.08 Å². The van der Waals surface area contributed by atoms with Crippen LogP contribution in [0.5, 0.6) is 0 Å². The molecule has 0 aromatic rings. The highest BCUT2D eigenvalue weighted by atomic mass is 35.5. The number of halogens is 1. The minimum absolute atomic E-state index is 0. The highest BCUT2D eigenvalue weighted by Gasteiger charge is 2.22. The van der Waals surface area contributed by atoms with Crippen molar-refractivity contribution in [3.63, 3.8) is 0 Å². The summed E-state index contributed by atoms with van der Waals surface area (Å²) in [5.41, 5.74) is 6.62. The van der Waals surface area contributed by atoms with Gasteiger partial charge in [0.25, 0.3) is 0 Å². The summed E-state index contributed by atoms with van der Waals surface area (Å²) >= 11 is 1.97. The summed E-state index contributed by atoms with van der Waals surface area (Å²) in [7, 11) is 0. The fourth-order valence-corrected chi connectivity index (χ4v) is 2.78. The topological polar surface area (TPSA) is 26.0 Å². The summed E-state index contributed by atoms with van der Waals surface area (Å²) in [6, 6.07) is 0. The summed E-state index contributed by atoms with van der Waals surface area (Å²) < 4.78 is 0. The predicted molar refractivity (Wildman–Crippen MR) is 52.8 cm³/mol. The second-order valence-corrected chi connectivity index (χ2v) is 3.99. The first-order valence-corrected chi connectivity index (χ1v) is 4.65. The van der Waals surface area contributed by atoms with Gasteiger partial charge in [0.05, 0.1) is 0 Å². The number of hydrogen-bond donors (Lipinski definition) is 1. The number of thioether (sulfide) groups is 1. The normalized spacial score (nSPS) is 28.2. The van der Waals surface area contributed by atoms with E-state index in [-0.39, 0.29) is 12.4 Å². The molecule has 0 spiro atoms. The summed E-state index contributed by atoms with van der Waals surface area (Å²) in [6.07, 6.45) is 6.79. The lowest BCUT2D eigenvalue weighted by atomic mass is 9.97. The molecule has 2 aliphatic rings. The highest BCUT2D eigenvalue weighted by molar-refractivity contribution is 8.03. The molecule has 1 unspecified atom stereocenters. The van der Waals surface area contributed by atoms with Crippen LogP contribution in [-0.2, 0) is 0 Å².